The van der Waals surface area contributed by atoms with Gasteiger partial charge in [0.1, 0.15) is 17.1 Å². The van der Waals surface area contributed by atoms with Crippen LogP contribution in [-0.2, 0) is 4.79 Å². The van der Waals surface area contributed by atoms with Crippen molar-refractivity contribution in [1.82, 2.24) is 14.6 Å². The maximum Gasteiger partial charge on any atom is 0.335 e. The van der Waals surface area contributed by atoms with Crippen LogP contribution in [0.25, 0.3) is 5.69 Å². The SMILES string of the molecule is COc1ccccc1C1CC(c2c(O)n(-c3ccccc3OC)c(=O)[nH]c2=O)=NN1C(C)=O. The number of benzene rings is 2. The molecule has 0 saturated carbocycles. The highest BCUT2D eigenvalue weighted by molar-refractivity contribution is 6.04. The molecule has 0 aliphatic carbocycles. The van der Waals surface area contributed by atoms with Crippen LogP contribution in [-0.4, -0.2) is 45.5 Å². The number of carbonyl (C=O) groups excluding carboxylic acids is 1. The van der Waals surface area contributed by atoms with Crippen molar-refractivity contribution in [2.24, 2.45) is 5.10 Å². The van der Waals surface area contributed by atoms with Crippen LogP contribution < -0.4 is 20.7 Å². The van der Waals surface area contributed by atoms with Gasteiger partial charge in [0.25, 0.3) is 5.56 Å². The fraction of sp³-hybridized carbons (Fsp3) is 0.217. The molecule has 0 fully saturated rings. The number of ether oxygens (including phenoxy) is 2. The molecule has 1 amide bonds. The molecular formula is C23H22N4O6. The predicted octanol–water partition coefficient (Wildman–Crippen LogP) is 1.95. The van der Waals surface area contributed by atoms with Crippen molar-refractivity contribution in [3.63, 3.8) is 0 Å². The first-order valence-corrected chi connectivity index (χ1v) is 10.1. The van der Waals surface area contributed by atoms with E-state index in [4.69, 9.17) is 9.47 Å². The van der Waals surface area contributed by atoms with E-state index in [1.54, 1.807) is 48.5 Å². The minimum Gasteiger partial charge on any atom is -0.496 e. The fourth-order valence-corrected chi connectivity index (χ4v) is 3.96. The molecule has 33 heavy (non-hydrogen) atoms. The molecule has 1 unspecified atom stereocenters. The van der Waals surface area contributed by atoms with Crippen molar-refractivity contribution in [2.45, 2.75) is 19.4 Å². The van der Waals surface area contributed by atoms with E-state index in [2.05, 4.69) is 10.1 Å². The Balaban J connectivity index is 1.88. The van der Waals surface area contributed by atoms with Crippen molar-refractivity contribution >= 4 is 11.6 Å². The summed E-state index contributed by atoms with van der Waals surface area (Å²) in [7, 11) is 2.95. The van der Waals surface area contributed by atoms with Gasteiger partial charge in [0.05, 0.1) is 31.7 Å². The number of hydrogen-bond acceptors (Lipinski definition) is 7. The molecule has 4 rings (SSSR count). The minimum absolute atomic E-state index is 0.126. The number of hydrogen-bond donors (Lipinski definition) is 2. The summed E-state index contributed by atoms with van der Waals surface area (Å²) in [5.41, 5.74) is -0.764. The Kier molecular flexibility index (Phi) is 5.74. The Morgan fingerprint density at radius 3 is 2.36 bits per heavy atom. The van der Waals surface area contributed by atoms with Crippen LogP contribution >= 0.6 is 0 Å². The van der Waals surface area contributed by atoms with E-state index < -0.39 is 23.2 Å². The molecule has 10 nitrogen and oxygen atoms in total. The molecule has 0 saturated heterocycles. The number of hydrazone groups is 1. The minimum atomic E-state index is -0.839. The van der Waals surface area contributed by atoms with Gasteiger partial charge in [-0.1, -0.05) is 30.3 Å². The zero-order chi connectivity index (χ0) is 23.7. The number of amides is 1. The van der Waals surface area contributed by atoms with Crippen LogP contribution in [0.2, 0.25) is 0 Å². The van der Waals surface area contributed by atoms with E-state index in [1.165, 1.54) is 26.2 Å². The maximum absolute atomic E-state index is 12.8. The lowest BCUT2D eigenvalue weighted by Crippen LogP contribution is -2.33. The molecule has 0 bridgehead atoms. The Labute approximate surface area is 188 Å². The molecule has 1 aromatic heterocycles. The van der Waals surface area contributed by atoms with Gasteiger partial charge in [-0.05, 0) is 18.2 Å². The van der Waals surface area contributed by atoms with Crippen LogP contribution in [0.5, 0.6) is 17.4 Å². The normalized spacial score (nSPS) is 15.3. The highest BCUT2D eigenvalue weighted by Crippen LogP contribution is 2.38. The maximum atomic E-state index is 12.8. The number of para-hydroxylation sites is 3. The van der Waals surface area contributed by atoms with Gasteiger partial charge in [-0.25, -0.2) is 14.4 Å². The summed E-state index contributed by atoms with van der Waals surface area (Å²) in [6, 6.07) is 13.2. The molecule has 2 aromatic carbocycles. The zero-order valence-electron chi connectivity index (χ0n) is 18.2. The van der Waals surface area contributed by atoms with Gasteiger partial charge in [0, 0.05) is 18.9 Å². The number of rotatable bonds is 5. The third-order valence-electron chi connectivity index (χ3n) is 5.43. The molecule has 3 aromatic rings. The fourth-order valence-electron chi connectivity index (χ4n) is 3.96. The summed E-state index contributed by atoms with van der Waals surface area (Å²) in [5.74, 6) is -0.0769. The van der Waals surface area contributed by atoms with Crippen molar-refractivity contribution in [3.05, 3.63) is 80.5 Å². The number of aromatic amines is 1. The summed E-state index contributed by atoms with van der Waals surface area (Å²) in [5, 5.41) is 16.6. The molecule has 2 N–H and O–H groups in total. The number of aromatic nitrogens is 2. The number of methoxy groups -OCH3 is 2. The van der Waals surface area contributed by atoms with Crippen LogP contribution in [0, 0.1) is 0 Å². The molecule has 1 aliphatic heterocycles. The third-order valence-corrected chi connectivity index (χ3v) is 5.43. The van der Waals surface area contributed by atoms with Crippen LogP contribution in [0.15, 0.2) is 63.2 Å². The first-order chi connectivity index (χ1) is 15.9. The topological polar surface area (TPSA) is 126 Å². The standard InChI is InChI=1S/C23H22N4O6/c1-13(28)27-17(14-8-4-6-10-18(14)32-2)12-15(25-27)20-21(29)24-23(31)26(22(20)30)16-9-5-7-11-19(16)33-3/h4-11,17,30H,12H2,1-3H3,(H,24,29,31). The van der Waals surface area contributed by atoms with Gasteiger partial charge in [-0.15, -0.1) is 0 Å². The quantitative estimate of drug-likeness (QED) is 0.612. The van der Waals surface area contributed by atoms with Crippen molar-refractivity contribution < 1.29 is 19.4 Å². The number of nitrogens with one attached hydrogen (secondary N) is 1. The molecule has 0 spiro atoms. The highest BCUT2D eigenvalue weighted by Gasteiger charge is 2.36. The molecule has 10 heteroatoms. The lowest BCUT2D eigenvalue weighted by atomic mass is 9.98. The van der Waals surface area contributed by atoms with E-state index in [1.807, 2.05) is 0 Å². The van der Waals surface area contributed by atoms with Crippen molar-refractivity contribution in [3.8, 4) is 23.1 Å². The molecular weight excluding hydrogens is 428 g/mol. The summed E-state index contributed by atoms with van der Waals surface area (Å²) in [6.45, 7) is 1.36. The summed E-state index contributed by atoms with van der Waals surface area (Å²) < 4.78 is 11.7. The Morgan fingerprint density at radius 1 is 1.06 bits per heavy atom. The van der Waals surface area contributed by atoms with Crippen molar-refractivity contribution in [1.29, 1.82) is 0 Å². The van der Waals surface area contributed by atoms with Gasteiger partial charge in [0.2, 0.25) is 11.8 Å². The number of H-pyrrole nitrogens is 1. The largest absolute Gasteiger partial charge is 0.496 e. The second kappa shape index (κ2) is 8.65. The van der Waals surface area contributed by atoms with Crippen LogP contribution in [0.4, 0.5) is 0 Å². The molecule has 2 heterocycles. The number of nitrogens with zero attached hydrogens (tertiary/aromatic N) is 3. The van der Waals surface area contributed by atoms with E-state index in [0.717, 1.165) is 4.57 Å². The lowest BCUT2D eigenvalue weighted by Gasteiger charge is -2.22. The molecule has 1 aliphatic rings. The Morgan fingerprint density at radius 2 is 1.70 bits per heavy atom. The second-order valence-electron chi connectivity index (χ2n) is 7.34. The lowest BCUT2D eigenvalue weighted by molar-refractivity contribution is -0.130. The molecule has 170 valence electrons. The van der Waals surface area contributed by atoms with Gasteiger partial charge < -0.3 is 14.6 Å². The number of carbonyl (C=O) groups is 1. The van der Waals surface area contributed by atoms with Crippen LogP contribution in [0.3, 0.4) is 0 Å². The van der Waals surface area contributed by atoms with E-state index >= 15 is 0 Å². The average molecular weight is 450 g/mol. The second-order valence-corrected chi connectivity index (χ2v) is 7.34. The zero-order valence-corrected chi connectivity index (χ0v) is 18.2. The summed E-state index contributed by atoms with van der Waals surface area (Å²) in [4.78, 5) is 40.0. The van der Waals surface area contributed by atoms with Gasteiger partial charge in [-0.2, -0.15) is 5.10 Å². The van der Waals surface area contributed by atoms with E-state index in [9.17, 15) is 19.5 Å². The monoisotopic (exact) mass is 450 g/mol. The smallest absolute Gasteiger partial charge is 0.335 e. The summed E-state index contributed by atoms with van der Waals surface area (Å²) in [6.07, 6.45) is 0.126. The Bertz CT molecular complexity index is 1370. The predicted molar refractivity (Wildman–Crippen MR) is 120 cm³/mol. The molecule has 1 atom stereocenters. The van der Waals surface area contributed by atoms with Gasteiger partial charge >= 0.3 is 5.69 Å². The highest BCUT2D eigenvalue weighted by atomic mass is 16.5. The summed E-state index contributed by atoms with van der Waals surface area (Å²) >= 11 is 0. The Hall–Kier alpha value is -4.34. The van der Waals surface area contributed by atoms with E-state index in [0.29, 0.717) is 17.1 Å². The third kappa shape index (κ3) is 3.75. The molecule has 0 radical (unpaired) electrons. The first kappa shape index (κ1) is 21.9. The van der Waals surface area contributed by atoms with Crippen LogP contribution in [0.1, 0.15) is 30.5 Å². The number of aromatic hydroxyl groups is 1. The first-order valence-electron chi connectivity index (χ1n) is 10.1. The van der Waals surface area contributed by atoms with E-state index in [-0.39, 0.29) is 29.3 Å². The average Bonchev–Trinajstić information content (AvgIpc) is 3.24. The van der Waals surface area contributed by atoms with Gasteiger partial charge in [-0.3, -0.25) is 14.6 Å². The van der Waals surface area contributed by atoms with Crippen molar-refractivity contribution in [2.75, 3.05) is 14.2 Å². The van der Waals surface area contributed by atoms with Gasteiger partial charge in [0.15, 0.2) is 0 Å².